The first kappa shape index (κ1) is 26.0. The van der Waals surface area contributed by atoms with Crippen molar-refractivity contribution in [3.8, 4) is 5.75 Å². The van der Waals surface area contributed by atoms with Crippen molar-refractivity contribution in [2.24, 2.45) is 4.99 Å². The molecular weight excluding hydrogens is 464 g/mol. The van der Waals surface area contributed by atoms with E-state index in [1.54, 1.807) is 25.3 Å². The molecule has 35 heavy (non-hydrogen) atoms. The lowest BCUT2D eigenvalue weighted by Gasteiger charge is -2.21. The zero-order valence-electron chi connectivity index (χ0n) is 20.8. The number of carbonyl (C=O) groups is 3. The van der Waals surface area contributed by atoms with Gasteiger partial charge in [-0.1, -0.05) is 30.0 Å². The predicted octanol–water partition coefficient (Wildman–Crippen LogP) is 4.41. The van der Waals surface area contributed by atoms with E-state index in [0.29, 0.717) is 16.6 Å². The number of imide groups is 1. The maximum Gasteiger partial charge on any atom is 0.321 e. The smallest absolute Gasteiger partial charge is 0.321 e. The Labute approximate surface area is 209 Å². The van der Waals surface area contributed by atoms with Crippen molar-refractivity contribution in [1.82, 2.24) is 10.6 Å². The normalized spacial score (nSPS) is 14.7. The number of anilines is 1. The number of benzene rings is 2. The molecular formula is C26H30N4O4S. The van der Waals surface area contributed by atoms with Crippen molar-refractivity contribution < 1.29 is 19.1 Å². The Morgan fingerprint density at radius 1 is 1.09 bits per heavy atom. The van der Waals surface area contributed by atoms with Crippen molar-refractivity contribution in [3.05, 3.63) is 64.9 Å². The quantitative estimate of drug-likeness (QED) is 0.600. The van der Waals surface area contributed by atoms with Crippen LogP contribution in [0, 0.1) is 13.8 Å². The third-order valence-corrected chi connectivity index (χ3v) is 5.73. The van der Waals surface area contributed by atoms with Crippen molar-refractivity contribution in [2.45, 2.75) is 40.2 Å². The maximum absolute atomic E-state index is 13.4. The minimum Gasteiger partial charge on any atom is -0.497 e. The van der Waals surface area contributed by atoms with Gasteiger partial charge < -0.3 is 10.1 Å². The fourth-order valence-corrected chi connectivity index (χ4v) is 4.24. The monoisotopic (exact) mass is 494 g/mol. The zero-order valence-corrected chi connectivity index (χ0v) is 21.6. The molecule has 0 fully saturated rings. The highest BCUT2D eigenvalue weighted by Gasteiger charge is 2.32. The number of amides is 4. The molecule has 0 spiro atoms. The summed E-state index contributed by atoms with van der Waals surface area (Å²) in [5.41, 5.74) is 3.25. The van der Waals surface area contributed by atoms with Crippen molar-refractivity contribution in [2.75, 3.05) is 17.8 Å². The highest BCUT2D eigenvalue weighted by molar-refractivity contribution is 8.14. The Balaban J connectivity index is 1.85. The molecule has 2 aromatic carbocycles. The summed E-state index contributed by atoms with van der Waals surface area (Å²) in [5.74, 6) is -0.150. The number of rotatable bonds is 5. The highest BCUT2D eigenvalue weighted by Crippen LogP contribution is 2.31. The Morgan fingerprint density at radius 3 is 2.29 bits per heavy atom. The third kappa shape index (κ3) is 7.19. The molecule has 0 bridgehead atoms. The van der Waals surface area contributed by atoms with Gasteiger partial charge in [-0.3, -0.25) is 19.8 Å². The van der Waals surface area contributed by atoms with Crippen LogP contribution in [0.25, 0.3) is 6.08 Å². The summed E-state index contributed by atoms with van der Waals surface area (Å²) in [6.07, 6.45) is 1.70. The van der Waals surface area contributed by atoms with E-state index in [2.05, 4.69) is 15.6 Å². The van der Waals surface area contributed by atoms with Crippen LogP contribution >= 0.6 is 11.8 Å². The minimum absolute atomic E-state index is 0.0825. The second-order valence-electron chi connectivity index (χ2n) is 9.22. The number of nitrogens with one attached hydrogen (secondary N) is 2. The van der Waals surface area contributed by atoms with E-state index in [1.165, 1.54) is 4.90 Å². The predicted molar refractivity (Wildman–Crippen MR) is 141 cm³/mol. The molecule has 1 aliphatic rings. The number of carbonyl (C=O) groups excluding carboxylic acids is 3. The van der Waals surface area contributed by atoms with E-state index in [-0.39, 0.29) is 17.4 Å². The van der Waals surface area contributed by atoms with Gasteiger partial charge in [-0.2, -0.15) is 0 Å². The van der Waals surface area contributed by atoms with Gasteiger partial charge in [0.15, 0.2) is 5.17 Å². The van der Waals surface area contributed by atoms with Crippen molar-refractivity contribution in [1.29, 1.82) is 0 Å². The second kappa shape index (κ2) is 10.8. The van der Waals surface area contributed by atoms with Gasteiger partial charge in [0.25, 0.3) is 5.91 Å². The van der Waals surface area contributed by atoms with Crippen LogP contribution in [-0.2, 0) is 9.59 Å². The van der Waals surface area contributed by atoms with Gasteiger partial charge in [-0.25, -0.2) is 9.79 Å². The van der Waals surface area contributed by atoms with E-state index in [1.807, 2.05) is 65.0 Å². The van der Waals surface area contributed by atoms with Crippen LogP contribution in [-0.4, -0.2) is 41.4 Å². The molecule has 9 heteroatoms. The van der Waals surface area contributed by atoms with E-state index < -0.39 is 17.5 Å². The van der Waals surface area contributed by atoms with Gasteiger partial charge in [0.1, 0.15) is 11.4 Å². The number of hydrogen-bond acceptors (Lipinski definition) is 6. The molecule has 0 radical (unpaired) electrons. The Hall–Kier alpha value is -3.59. The Morgan fingerprint density at radius 2 is 1.71 bits per heavy atom. The summed E-state index contributed by atoms with van der Waals surface area (Å²) in [5, 5.41) is 5.36. The fraction of sp³-hybridized carbons (Fsp3) is 0.308. The lowest BCUT2D eigenvalue weighted by atomic mass is 10.1. The average molecular weight is 495 g/mol. The lowest BCUT2D eigenvalue weighted by Crippen LogP contribution is -2.48. The molecule has 0 saturated heterocycles. The van der Waals surface area contributed by atoms with Gasteiger partial charge in [-0.15, -0.1) is 0 Å². The van der Waals surface area contributed by atoms with Crippen LogP contribution in [0.5, 0.6) is 5.75 Å². The van der Waals surface area contributed by atoms with Gasteiger partial charge in [0, 0.05) is 5.54 Å². The number of urea groups is 1. The molecule has 0 saturated carbocycles. The second-order valence-corrected chi connectivity index (χ2v) is 10.2. The highest BCUT2D eigenvalue weighted by atomic mass is 32.2. The molecule has 1 heterocycles. The summed E-state index contributed by atoms with van der Waals surface area (Å²) >= 11 is 1.09. The van der Waals surface area contributed by atoms with E-state index in [9.17, 15) is 14.4 Å². The molecule has 184 valence electrons. The fourth-order valence-electron chi connectivity index (χ4n) is 3.42. The summed E-state index contributed by atoms with van der Waals surface area (Å²) < 4.78 is 5.19. The summed E-state index contributed by atoms with van der Waals surface area (Å²) in [6.45, 7) is 9.38. The maximum atomic E-state index is 13.4. The summed E-state index contributed by atoms with van der Waals surface area (Å²) in [7, 11) is 1.59. The minimum atomic E-state index is -0.571. The number of aliphatic imine (C=N–C) groups is 1. The first-order valence-electron chi connectivity index (χ1n) is 11.1. The molecule has 2 aromatic rings. The van der Waals surface area contributed by atoms with Gasteiger partial charge in [-0.05, 0) is 81.7 Å². The molecule has 0 atom stereocenters. The van der Waals surface area contributed by atoms with Crippen LogP contribution in [0.2, 0.25) is 0 Å². The number of hydrogen-bond donors (Lipinski definition) is 2. The number of nitrogens with zero attached hydrogens (tertiary/aromatic N) is 2. The molecule has 8 nitrogen and oxygen atoms in total. The number of thioether (sulfide) groups is 1. The van der Waals surface area contributed by atoms with E-state index in [0.717, 1.165) is 28.5 Å². The standard InChI is InChI=1S/C26H30N4O4S/c1-16-11-17(2)13-19(12-16)30-23(32)21(14-18-7-9-20(34-6)10-8-18)27-25(30)35-15-22(31)28-24(33)29-26(3,4)5/h7-14H,15H2,1-6H3,(H2,28,29,31,33)/b21-14-. The van der Waals surface area contributed by atoms with Crippen LogP contribution < -0.4 is 20.3 Å². The molecule has 3 rings (SSSR count). The van der Waals surface area contributed by atoms with Crippen molar-refractivity contribution >= 4 is 46.5 Å². The molecule has 4 amide bonds. The third-order valence-electron chi connectivity index (χ3n) is 4.79. The Kier molecular flexibility index (Phi) is 8.01. The van der Waals surface area contributed by atoms with Crippen LogP contribution in [0.4, 0.5) is 10.5 Å². The topological polar surface area (TPSA) is 100 Å². The van der Waals surface area contributed by atoms with E-state index in [4.69, 9.17) is 4.74 Å². The number of amidine groups is 1. The first-order valence-corrected chi connectivity index (χ1v) is 12.1. The first-order chi connectivity index (χ1) is 16.4. The van der Waals surface area contributed by atoms with Gasteiger partial charge in [0.2, 0.25) is 5.91 Å². The average Bonchev–Trinajstić information content (AvgIpc) is 3.05. The molecule has 2 N–H and O–H groups in total. The lowest BCUT2D eigenvalue weighted by molar-refractivity contribution is -0.117. The zero-order chi connectivity index (χ0) is 25.8. The SMILES string of the molecule is COc1ccc(/C=C2\N=C(SCC(=O)NC(=O)NC(C)(C)C)N(c3cc(C)cc(C)c3)C2=O)cc1. The van der Waals surface area contributed by atoms with Gasteiger partial charge >= 0.3 is 6.03 Å². The van der Waals surface area contributed by atoms with Gasteiger partial charge in [0.05, 0.1) is 18.6 Å². The summed E-state index contributed by atoms with van der Waals surface area (Å²) in [4.78, 5) is 43.8. The number of ether oxygens (including phenoxy) is 1. The molecule has 0 aliphatic carbocycles. The van der Waals surface area contributed by atoms with Crippen LogP contribution in [0.15, 0.2) is 53.2 Å². The van der Waals surface area contributed by atoms with Crippen LogP contribution in [0.3, 0.4) is 0 Å². The van der Waals surface area contributed by atoms with Crippen LogP contribution in [0.1, 0.15) is 37.5 Å². The summed E-state index contributed by atoms with van der Waals surface area (Å²) in [6, 6.07) is 12.5. The number of aryl methyl sites for hydroxylation is 2. The largest absolute Gasteiger partial charge is 0.497 e. The van der Waals surface area contributed by atoms with E-state index >= 15 is 0 Å². The Bertz CT molecular complexity index is 1180. The molecule has 1 aliphatic heterocycles. The molecule has 0 unspecified atom stereocenters. The number of methoxy groups -OCH3 is 1. The van der Waals surface area contributed by atoms with Crippen molar-refractivity contribution in [3.63, 3.8) is 0 Å². The molecule has 0 aromatic heterocycles.